The van der Waals surface area contributed by atoms with Gasteiger partial charge in [-0.05, 0) is 30.9 Å². The van der Waals surface area contributed by atoms with Crippen molar-refractivity contribution in [2.75, 3.05) is 24.2 Å². The lowest BCUT2D eigenvalue weighted by Gasteiger charge is -2.32. The fourth-order valence-electron chi connectivity index (χ4n) is 2.04. The summed E-state index contributed by atoms with van der Waals surface area (Å²) in [6, 6.07) is 3.56. The van der Waals surface area contributed by atoms with Crippen LogP contribution in [0, 0.1) is 5.92 Å². The Kier molecular flexibility index (Phi) is 3.50. The van der Waals surface area contributed by atoms with Gasteiger partial charge < -0.3 is 10.6 Å². The molecule has 0 unspecified atom stereocenters. The van der Waals surface area contributed by atoms with Crippen molar-refractivity contribution in [3.63, 3.8) is 0 Å². The zero-order valence-electron chi connectivity index (χ0n) is 9.34. The summed E-state index contributed by atoms with van der Waals surface area (Å²) in [6.45, 7) is 1.04. The topological polar surface area (TPSA) is 29.3 Å². The molecular formula is C12H16Cl2N2. The van der Waals surface area contributed by atoms with E-state index in [1.165, 1.54) is 19.3 Å². The van der Waals surface area contributed by atoms with Gasteiger partial charge in [-0.1, -0.05) is 29.6 Å². The summed E-state index contributed by atoms with van der Waals surface area (Å²) in [7, 11) is 2.05. The van der Waals surface area contributed by atoms with Gasteiger partial charge in [-0.15, -0.1) is 0 Å². The molecule has 2 rings (SSSR count). The fraction of sp³-hybridized carbons (Fsp3) is 0.500. The molecule has 0 bridgehead atoms. The Morgan fingerprint density at radius 2 is 1.94 bits per heavy atom. The number of benzene rings is 1. The number of nitrogens with zero attached hydrogens (tertiary/aromatic N) is 1. The van der Waals surface area contributed by atoms with Gasteiger partial charge in [-0.25, -0.2) is 0 Å². The number of rotatable bonds is 3. The molecule has 1 aromatic carbocycles. The Morgan fingerprint density at radius 1 is 1.31 bits per heavy atom. The Morgan fingerprint density at radius 3 is 2.50 bits per heavy atom. The molecule has 2 nitrogen and oxygen atoms in total. The lowest BCUT2D eigenvalue weighted by atomic mass is 9.85. The van der Waals surface area contributed by atoms with Gasteiger partial charge in [0.25, 0.3) is 0 Å². The third kappa shape index (κ3) is 2.38. The largest absolute Gasteiger partial charge is 0.397 e. The van der Waals surface area contributed by atoms with Crippen molar-refractivity contribution < 1.29 is 0 Å². The summed E-state index contributed by atoms with van der Waals surface area (Å²) >= 11 is 11.9. The van der Waals surface area contributed by atoms with Crippen LogP contribution in [0.4, 0.5) is 11.4 Å². The molecule has 88 valence electrons. The third-order valence-electron chi connectivity index (χ3n) is 3.24. The molecule has 16 heavy (non-hydrogen) atoms. The van der Waals surface area contributed by atoms with Crippen LogP contribution in [-0.4, -0.2) is 13.6 Å². The highest BCUT2D eigenvalue weighted by Gasteiger charge is 2.20. The predicted molar refractivity (Wildman–Crippen MR) is 71.5 cm³/mol. The normalized spacial score (nSPS) is 15.9. The summed E-state index contributed by atoms with van der Waals surface area (Å²) in [4.78, 5) is 2.17. The molecular weight excluding hydrogens is 243 g/mol. The Hall–Kier alpha value is -0.600. The number of anilines is 2. The van der Waals surface area contributed by atoms with E-state index in [4.69, 9.17) is 28.9 Å². The molecule has 1 fully saturated rings. The first-order valence-corrected chi connectivity index (χ1v) is 6.29. The molecule has 0 saturated heterocycles. The van der Waals surface area contributed by atoms with E-state index in [0.717, 1.165) is 18.2 Å². The van der Waals surface area contributed by atoms with Crippen LogP contribution in [0.15, 0.2) is 12.1 Å². The molecule has 1 saturated carbocycles. The molecule has 0 spiro atoms. The number of hydrogen-bond donors (Lipinski definition) is 1. The molecule has 1 aliphatic rings. The summed E-state index contributed by atoms with van der Waals surface area (Å²) in [5.74, 6) is 0.804. The van der Waals surface area contributed by atoms with Gasteiger partial charge in [0, 0.05) is 13.6 Å². The van der Waals surface area contributed by atoms with Gasteiger partial charge in [0.15, 0.2) is 0 Å². The van der Waals surface area contributed by atoms with Gasteiger partial charge in [0.2, 0.25) is 0 Å². The predicted octanol–water partition coefficient (Wildman–Crippen LogP) is 3.81. The second-order valence-electron chi connectivity index (χ2n) is 4.50. The highest BCUT2D eigenvalue weighted by molar-refractivity contribution is 6.42. The van der Waals surface area contributed by atoms with Crippen molar-refractivity contribution in [3.8, 4) is 0 Å². The van der Waals surface area contributed by atoms with Gasteiger partial charge >= 0.3 is 0 Å². The average molecular weight is 259 g/mol. The molecule has 4 heteroatoms. The summed E-state index contributed by atoms with van der Waals surface area (Å²) in [5.41, 5.74) is 7.61. The monoisotopic (exact) mass is 258 g/mol. The van der Waals surface area contributed by atoms with E-state index in [2.05, 4.69) is 4.90 Å². The lowest BCUT2D eigenvalue weighted by molar-refractivity contribution is 0.321. The molecule has 2 N–H and O–H groups in total. The van der Waals surface area contributed by atoms with Gasteiger partial charge in [0.1, 0.15) is 0 Å². The van der Waals surface area contributed by atoms with Crippen LogP contribution < -0.4 is 10.6 Å². The smallest absolute Gasteiger partial charge is 0.0614 e. The minimum Gasteiger partial charge on any atom is -0.397 e. The summed E-state index contributed by atoms with van der Waals surface area (Å²) in [6.07, 6.45) is 4.01. The average Bonchev–Trinajstić information content (AvgIpc) is 2.17. The first-order chi connectivity index (χ1) is 7.58. The molecule has 0 aromatic heterocycles. The van der Waals surface area contributed by atoms with Crippen LogP contribution in [0.25, 0.3) is 0 Å². The van der Waals surface area contributed by atoms with Crippen LogP contribution >= 0.6 is 23.2 Å². The summed E-state index contributed by atoms with van der Waals surface area (Å²) in [5, 5.41) is 1.08. The maximum atomic E-state index is 6.00. The fourth-order valence-corrected chi connectivity index (χ4v) is 2.37. The third-order valence-corrected chi connectivity index (χ3v) is 3.96. The van der Waals surface area contributed by atoms with Crippen molar-refractivity contribution in [2.24, 2.45) is 5.92 Å². The summed E-state index contributed by atoms with van der Waals surface area (Å²) < 4.78 is 0. The van der Waals surface area contributed by atoms with Crippen LogP contribution in [0.2, 0.25) is 10.0 Å². The van der Waals surface area contributed by atoms with Crippen LogP contribution in [-0.2, 0) is 0 Å². The van der Waals surface area contributed by atoms with Crippen LogP contribution in [0.1, 0.15) is 19.3 Å². The number of halogens is 2. The molecule has 1 aliphatic carbocycles. The molecule has 1 aromatic rings. The first-order valence-electron chi connectivity index (χ1n) is 5.53. The minimum absolute atomic E-state index is 0.514. The van der Waals surface area contributed by atoms with Crippen molar-refractivity contribution in [1.29, 1.82) is 0 Å². The lowest BCUT2D eigenvalue weighted by Crippen LogP contribution is -2.29. The van der Waals surface area contributed by atoms with Gasteiger partial charge in [0.05, 0.1) is 21.4 Å². The van der Waals surface area contributed by atoms with Gasteiger partial charge in [-0.3, -0.25) is 0 Å². The minimum atomic E-state index is 0.514. The molecule has 0 aliphatic heterocycles. The Bertz CT molecular complexity index is 389. The van der Waals surface area contributed by atoms with Gasteiger partial charge in [-0.2, -0.15) is 0 Å². The van der Waals surface area contributed by atoms with E-state index < -0.39 is 0 Å². The van der Waals surface area contributed by atoms with Crippen molar-refractivity contribution >= 4 is 34.6 Å². The van der Waals surface area contributed by atoms with Crippen molar-refractivity contribution in [1.82, 2.24) is 0 Å². The van der Waals surface area contributed by atoms with E-state index in [0.29, 0.717) is 15.7 Å². The van der Waals surface area contributed by atoms with E-state index in [9.17, 15) is 0 Å². The van der Waals surface area contributed by atoms with E-state index >= 15 is 0 Å². The second kappa shape index (κ2) is 4.72. The van der Waals surface area contributed by atoms with E-state index in [1.54, 1.807) is 6.07 Å². The molecule has 0 radical (unpaired) electrons. The molecule has 0 heterocycles. The maximum absolute atomic E-state index is 6.00. The molecule has 0 amide bonds. The van der Waals surface area contributed by atoms with E-state index in [1.807, 2.05) is 13.1 Å². The molecule has 0 atom stereocenters. The van der Waals surface area contributed by atoms with Crippen LogP contribution in [0.5, 0.6) is 0 Å². The standard InChI is InChI=1S/C12H16Cl2N2/c1-16(7-8-3-2-4-8)12-6-10(14)9(13)5-11(12)15/h5-6,8H,2-4,7,15H2,1H3. The second-order valence-corrected chi connectivity index (χ2v) is 5.32. The maximum Gasteiger partial charge on any atom is 0.0614 e. The zero-order valence-corrected chi connectivity index (χ0v) is 10.9. The highest BCUT2D eigenvalue weighted by Crippen LogP contribution is 2.34. The first kappa shape index (κ1) is 11.9. The van der Waals surface area contributed by atoms with Crippen molar-refractivity contribution in [2.45, 2.75) is 19.3 Å². The Balaban J connectivity index is 2.14. The number of nitrogens with two attached hydrogens (primary N) is 1. The zero-order chi connectivity index (χ0) is 11.7. The Labute approximate surface area is 106 Å². The highest BCUT2D eigenvalue weighted by atomic mass is 35.5. The number of nitrogen functional groups attached to an aromatic ring is 1. The quantitative estimate of drug-likeness (QED) is 0.836. The van der Waals surface area contributed by atoms with Crippen LogP contribution in [0.3, 0.4) is 0 Å². The van der Waals surface area contributed by atoms with E-state index in [-0.39, 0.29) is 0 Å². The van der Waals surface area contributed by atoms with Crippen molar-refractivity contribution in [3.05, 3.63) is 22.2 Å². The number of hydrogen-bond acceptors (Lipinski definition) is 2. The SMILES string of the molecule is CN(CC1CCC1)c1cc(Cl)c(Cl)cc1N.